The van der Waals surface area contributed by atoms with Gasteiger partial charge in [-0.15, -0.1) is 0 Å². The van der Waals surface area contributed by atoms with E-state index in [1.165, 1.54) is 18.0 Å². The number of benzene rings is 1. The van der Waals surface area contributed by atoms with Gasteiger partial charge in [0.1, 0.15) is 5.75 Å². The number of halogens is 1. The summed E-state index contributed by atoms with van der Waals surface area (Å²) in [5, 5.41) is 14.0. The Hall–Kier alpha value is -1.86. The number of thioether (sulfide) groups is 1. The first-order chi connectivity index (χ1) is 10.6. The molecule has 114 valence electrons. The summed E-state index contributed by atoms with van der Waals surface area (Å²) in [7, 11) is 0. The van der Waals surface area contributed by atoms with Gasteiger partial charge in [0.25, 0.3) is 5.91 Å². The molecule has 7 heteroatoms. The number of carbonyl (C=O) groups excluding carboxylic acids is 1. The largest absolute Gasteiger partial charge is 0.507 e. The molecule has 0 aliphatic carbocycles. The first-order valence-electron chi connectivity index (χ1n) is 6.45. The highest BCUT2D eigenvalue weighted by Gasteiger charge is 2.14. The molecule has 0 aliphatic rings. The minimum absolute atomic E-state index is 0.0945. The summed E-state index contributed by atoms with van der Waals surface area (Å²) in [6.45, 7) is 1.78. The molecule has 1 aromatic heterocycles. The fourth-order valence-corrected chi connectivity index (χ4v) is 2.72. The van der Waals surface area contributed by atoms with Crippen LogP contribution in [0, 0.1) is 0 Å². The van der Waals surface area contributed by atoms with E-state index in [4.69, 9.17) is 0 Å². The number of amides is 1. The topological polar surface area (TPSA) is 74.6 Å². The molecule has 1 heterocycles. The number of rotatable bonds is 5. The molecule has 2 rings (SSSR count). The van der Waals surface area contributed by atoms with Gasteiger partial charge >= 0.3 is 0 Å². The number of aromatic nitrogens is 1. The van der Waals surface area contributed by atoms with E-state index in [0.717, 1.165) is 9.50 Å². The van der Waals surface area contributed by atoms with Crippen molar-refractivity contribution in [3.63, 3.8) is 0 Å². The molecule has 1 aromatic carbocycles. The third kappa shape index (κ3) is 4.85. The lowest BCUT2D eigenvalue weighted by Gasteiger charge is -2.08. The van der Waals surface area contributed by atoms with Gasteiger partial charge in [0, 0.05) is 16.2 Å². The van der Waals surface area contributed by atoms with Crippen LogP contribution in [0.5, 0.6) is 5.75 Å². The second-order valence-corrected chi connectivity index (χ2v) is 6.64. The zero-order valence-electron chi connectivity index (χ0n) is 11.7. The third-order valence-electron chi connectivity index (χ3n) is 2.67. The molecule has 0 bridgehead atoms. The minimum Gasteiger partial charge on any atom is -0.507 e. The highest BCUT2D eigenvalue weighted by molar-refractivity contribution is 9.10. The second-order valence-electron chi connectivity index (χ2n) is 4.37. The molecule has 5 nitrogen and oxygen atoms in total. The third-order valence-corrected chi connectivity index (χ3v) is 4.22. The van der Waals surface area contributed by atoms with Gasteiger partial charge in [-0.1, -0.05) is 33.8 Å². The van der Waals surface area contributed by atoms with Gasteiger partial charge in [0.15, 0.2) is 0 Å². The summed E-state index contributed by atoms with van der Waals surface area (Å²) in [4.78, 5) is 16.1. The molecule has 1 unspecified atom stereocenters. The van der Waals surface area contributed by atoms with E-state index in [0.29, 0.717) is 5.56 Å². The molecule has 22 heavy (non-hydrogen) atoms. The van der Waals surface area contributed by atoms with Crippen molar-refractivity contribution < 1.29 is 9.90 Å². The Balaban J connectivity index is 1.91. The van der Waals surface area contributed by atoms with Gasteiger partial charge in [-0.3, -0.25) is 4.79 Å². The molecular weight excluding hydrogens is 366 g/mol. The highest BCUT2D eigenvalue weighted by atomic mass is 79.9. The first-order valence-corrected chi connectivity index (χ1v) is 8.12. The minimum atomic E-state index is -0.330. The first kappa shape index (κ1) is 16.5. The van der Waals surface area contributed by atoms with Crippen LogP contribution in [-0.4, -0.2) is 27.5 Å². The van der Waals surface area contributed by atoms with E-state index in [1.54, 1.807) is 31.3 Å². The quantitative estimate of drug-likeness (QED) is 0.475. The Morgan fingerprint density at radius 3 is 3.00 bits per heavy atom. The zero-order valence-corrected chi connectivity index (χ0v) is 14.1. The smallest absolute Gasteiger partial charge is 0.253 e. The molecule has 0 saturated carbocycles. The molecule has 2 aromatic rings. The molecule has 0 spiro atoms. The average molecular weight is 380 g/mol. The Morgan fingerprint density at radius 1 is 1.45 bits per heavy atom. The summed E-state index contributed by atoms with van der Waals surface area (Å²) in [6.07, 6.45) is 3.08. The molecule has 0 radical (unpaired) electrons. The fourth-order valence-electron chi connectivity index (χ4n) is 1.54. The van der Waals surface area contributed by atoms with E-state index in [2.05, 4.69) is 31.4 Å². The van der Waals surface area contributed by atoms with Crippen LogP contribution in [0.4, 0.5) is 0 Å². The van der Waals surface area contributed by atoms with Crippen LogP contribution in [0.3, 0.4) is 0 Å². The van der Waals surface area contributed by atoms with Gasteiger partial charge in [0.05, 0.1) is 16.5 Å². The Labute approximate surface area is 141 Å². The standard InChI is InChI=1S/C15H14BrN3O2S/c1-10(22-14-4-2-3-7-17-14)15(21)19-18-9-11-8-12(16)5-6-13(11)20/h2-10,20H,1H3,(H,19,21). The van der Waals surface area contributed by atoms with Crippen LogP contribution in [-0.2, 0) is 4.79 Å². The number of nitrogens with one attached hydrogen (secondary N) is 1. The summed E-state index contributed by atoms with van der Waals surface area (Å²) < 4.78 is 0.817. The van der Waals surface area contributed by atoms with Crippen molar-refractivity contribution in [2.24, 2.45) is 5.10 Å². The molecule has 1 amide bonds. The maximum atomic E-state index is 11.9. The maximum absolute atomic E-state index is 11.9. The van der Waals surface area contributed by atoms with Crippen LogP contribution in [0.15, 0.2) is 57.2 Å². The Kier molecular flexibility index (Phi) is 5.97. The van der Waals surface area contributed by atoms with E-state index < -0.39 is 0 Å². The van der Waals surface area contributed by atoms with Crippen molar-refractivity contribution in [1.82, 2.24) is 10.4 Å². The Morgan fingerprint density at radius 2 is 2.27 bits per heavy atom. The van der Waals surface area contributed by atoms with Gasteiger partial charge < -0.3 is 5.11 Å². The molecule has 0 aliphatic heterocycles. The van der Waals surface area contributed by atoms with E-state index in [1.807, 2.05) is 18.2 Å². The maximum Gasteiger partial charge on any atom is 0.253 e. The lowest BCUT2D eigenvalue weighted by atomic mass is 10.2. The van der Waals surface area contributed by atoms with E-state index in [9.17, 15) is 9.90 Å². The summed E-state index contributed by atoms with van der Waals surface area (Å²) in [5.74, 6) is -0.140. The average Bonchev–Trinajstić information content (AvgIpc) is 2.51. The summed E-state index contributed by atoms with van der Waals surface area (Å²) in [5.41, 5.74) is 2.97. The van der Waals surface area contributed by atoms with E-state index >= 15 is 0 Å². The van der Waals surface area contributed by atoms with Crippen molar-refractivity contribution in [3.8, 4) is 5.75 Å². The van der Waals surface area contributed by atoms with Crippen LogP contribution < -0.4 is 5.43 Å². The number of hydrazone groups is 1. The molecule has 0 saturated heterocycles. The SMILES string of the molecule is CC(Sc1ccccn1)C(=O)NN=Cc1cc(Br)ccc1O. The van der Waals surface area contributed by atoms with Crippen LogP contribution >= 0.6 is 27.7 Å². The monoisotopic (exact) mass is 379 g/mol. The highest BCUT2D eigenvalue weighted by Crippen LogP contribution is 2.21. The van der Waals surface area contributed by atoms with Gasteiger partial charge in [-0.2, -0.15) is 5.10 Å². The number of aromatic hydroxyl groups is 1. The molecule has 1 atom stereocenters. The van der Waals surface area contributed by atoms with Gasteiger partial charge in [-0.25, -0.2) is 10.4 Å². The number of hydrogen-bond donors (Lipinski definition) is 2. The predicted molar refractivity (Wildman–Crippen MR) is 91.1 cm³/mol. The van der Waals surface area contributed by atoms with Crippen LogP contribution in [0.25, 0.3) is 0 Å². The number of carbonyl (C=O) groups is 1. The summed E-state index contributed by atoms with van der Waals surface area (Å²) in [6, 6.07) is 10.5. The van der Waals surface area contributed by atoms with Gasteiger partial charge in [0.2, 0.25) is 0 Å². The fraction of sp³-hybridized carbons (Fsp3) is 0.133. The van der Waals surface area contributed by atoms with Crippen molar-refractivity contribution in [1.29, 1.82) is 0 Å². The number of phenolic OH excluding ortho intramolecular Hbond substituents is 1. The van der Waals surface area contributed by atoms with Crippen molar-refractivity contribution in [2.45, 2.75) is 17.2 Å². The number of phenols is 1. The lowest BCUT2D eigenvalue weighted by Crippen LogP contribution is -2.26. The molecule has 0 fully saturated rings. The molecular formula is C15H14BrN3O2S. The second kappa shape index (κ2) is 7.95. The zero-order chi connectivity index (χ0) is 15.9. The van der Waals surface area contributed by atoms with Crippen molar-refractivity contribution in [2.75, 3.05) is 0 Å². The van der Waals surface area contributed by atoms with Crippen LogP contribution in [0.1, 0.15) is 12.5 Å². The summed E-state index contributed by atoms with van der Waals surface area (Å²) >= 11 is 4.66. The van der Waals surface area contributed by atoms with Crippen LogP contribution in [0.2, 0.25) is 0 Å². The van der Waals surface area contributed by atoms with Gasteiger partial charge in [-0.05, 0) is 37.3 Å². The number of pyridine rings is 1. The lowest BCUT2D eigenvalue weighted by molar-refractivity contribution is -0.120. The van der Waals surface area contributed by atoms with Crippen molar-refractivity contribution >= 4 is 39.8 Å². The van der Waals surface area contributed by atoms with E-state index in [-0.39, 0.29) is 16.9 Å². The molecule has 2 N–H and O–H groups in total. The predicted octanol–water partition coefficient (Wildman–Crippen LogP) is 3.18. The Bertz CT molecular complexity index is 680. The van der Waals surface area contributed by atoms with Crippen molar-refractivity contribution in [3.05, 3.63) is 52.6 Å². The number of nitrogens with zero attached hydrogens (tertiary/aromatic N) is 2. The number of hydrogen-bond acceptors (Lipinski definition) is 5. The normalized spacial score (nSPS) is 12.3.